The molecule has 1 N–H and O–H groups in total. The molecular weight excluding hydrogens is 268 g/mol. The Morgan fingerprint density at radius 3 is 3.19 bits per heavy atom. The van der Waals surface area contributed by atoms with Gasteiger partial charge in [0, 0.05) is 36.1 Å². The molecule has 0 aromatic carbocycles. The van der Waals surface area contributed by atoms with Gasteiger partial charge in [-0.3, -0.25) is 4.98 Å². The fourth-order valence-corrected chi connectivity index (χ4v) is 2.41. The van der Waals surface area contributed by atoms with Crippen LogP contribution in [0, 0.1) is 0 Å². The molecule has 2 heterocycles. The van der Waals surface area contributed by atoms with Crippen LogP contribution in [0.3, 0.4) is 0 Å². The highest BCUT2D eigenvalue weighted by molar-refractivity contribution is 9.10. The maximum absolute atomic E-state index is 5.52. The number of pyridine rings is 1. The molecule has 0 bridgehead atoms. The molecule has 2 unspecified atom stereocenters. The lowest BCUT2D eigenvalue weighted by atomic mass is 10.0. The first-order chi connectivity index (χ1) is 7.74. The zero-order valence-corrected chi connectivity index (χ0v) is 11.0. The summed E-state index contributed by atoms with van der Waals surface area (Å²) in [4.78, 5) is 4.15. The molecule has 0 spiro atoms. The molecule has 3 nitrogen and oxygen atoms in total. The Morgan fingerprint density at radius 2 is 2.44 bits per heavy atom. The molecule has 1 aliphatic heterocycles. The molecule has 4 heteroatoms. The number of halogens is 1. The van der Waals surface area contributed by atoms with Crippen LogP contribution in [0.25, 0.3) is 0 Å². The molecule has 1 aromatic rings. The Kier molecular flexibility index (Phi) is 4.32. The van der Waals surface area contributed by atoms with E-state index in [1.54, 1.807) is 6.20 Å². The molecule has 0 aliphatic carbocycles. The van der Waals surface area contributed by atoms with Gasteiger partial charge < -0.3 is 10.1 Å². The topological polar surface area (TPSA) is 34.2 Å². The Bertz CT molecular complexity index is 346. The smallest absolute Gasteiger partial charge is 0.0561 e. The van der Waals surface area contributed by atoms with Gasteiger partial charge in [-0.25, -0.2) is 0 Å². The summed E-state index contributed by atoms with van der Waals surface area (Å²) in [7, 11) is 0. The van der Waals surface area contributed by atoms with Crippen LogP contribution in [0.1, 0.15) is 25.3 Å². The molecular formula is C12H17BrN2O. The summed E-state index contributed by atoms with van der Waals surface area (Å²) in [5, 5.41) is 3.55. The Hall–Kier alpha value is -0.450. The number of aromatic nitrogens is 1. The SMILES string of the molecule is CC1CC(NCc2cncc(Br)c2)CCO1. The number of ether oxygens (including phenoxy) is 1. The van der Waals surface area contributed by atoms with E-state index < -0.39 is 0 Å². The first-order valence-electron chi connectivity index (χ1n) is 5.68. The number of hydrogen-bond acceptors (Lipinski definition) is 3. The van der Waals surface area contributed by atoms with Gasteiger partial charge in [-0.05, 0) is 47.3 Å². The summed E-state index contributed by atoms with van der Waals surface area (Å²) in [6, 6.07) is 2.67. The van der Waals surface area contributed by atoms with Crippen molar-refractivity contribution in [3.05, 3.63) is 28.5 Å². The van der Waals surface area contributed by atoms with Gasteiger partial charge in [0.1, 0.15) is 0 Å². The van der Waals surface area contributed by atoms with E-state index in [4.69, 9.17) is 4.74 Å². The van der Waals surface area contributed by atoms with Gasteiger partial charge in [0.05, 0.1) is 6.10 Å². The number of rotatable bonds is 3. The van der Waals surface area contributed by atoms with Crippen molar-refractivity contribution < 1.29 is 4.74 Å². The van der Waals surface area contributed by atoms with Crippen molar-refractivity contribution in [3.8, 4) is 0 Å². The van der Waals surface area contributed by atoms with Crippen LogP contribution in [0.15, 0.2) is 22.9 Å². The van der Waals surface area contributed by atoms with Crippen molar-refractivity contribution >= 4 is 15.9 Å². The van der Waals surface area contributed by atoms with Crippen LogP contribution in [-0.4, -0.2) is 23.7 Å². The van der Waals surface area contributed by atoms with E-state index in [1.165, 1.54) is 5.56 Å². The standard InChI is InChI=1S/C12H17BrN2O/c1-9-4-12(2-3-16-9)15-7-10-5-11(13)8-14-6-10/h5-6,8-9,12,15H,2-4,7H2,1H3. The average Bonchev–Trinajstić information content (AvgIpc) is 2.27. The fraction of sp³-hybridized carbons (Fsp3) is 0.583. The third-order valence-corrected chi connectivity index (χ3v) is 3.28. The molecule has 0 amide bonds. The second kappa shape index (κ2) is 5.75. The molecule has 1 fully saturated rings. The predicted octanol–water partition coefficient (Wildman–Crippen LogP) is 2.50. The minimum Gasteiger partial charge on any atom is -0.378 e. The second-order valence-electron chi connectivity index (χ2n) is 4.30. The molecule has 0 saturated carbocycles. The van der Waals surface area contributed by atoms with Gasteiger partial charge >= 0.3 is 0 Å². The lowest BCUT2D eigenvalue weighted by Gasteiger charge is -2.28. The quantitative estimate of drug-likeness (QED) is 0.926. The van der Waals surface area contributed by atoms with Gasteiger partial charge in [0.2, 0.25) is 0 Å². The van der Waals surface area contributed by atoms with E-state index in [1.807, 2.05) is 6.20 Å². The van der Waals surface area contributed by atoms with Crippen LogP contribution in [0.4, 0.5) is 0 Å². The lowest BCUT2D eigenvalue weighted by molar-refractivity contribution is 0.0130. The predicted molar refractivity (Wildman–Crippen MR) is 67.2 cm³/mol. The summed E-state index contributed by atoms with van der Waals surface area (Å²) < 4.78 is 6.55. The monoisotopic (exact) mass is 284 g/mol. The summed E-state index contributed by atoms with van der Waals surface area (Å²) in [5.74, 6) is 0. The molecule has 1 saturated heterocycles. The van der Waals surface area contributed by atoms with Crippen molar-refractivity contribution in [3.63, 3.8) is 0 Å². The van der Waals surface area contributed by atoms with Crippen LogP contribution >= 0.6 is 15.9 Å². The van der Waals surface area contributed by atoms with Gasteiger partial charge in [0.25, 0.3) is 0 Å². The Balaban J connectivity index is 1.82. The number of hydrogen-bond donors (Lipinski definition) is 1. The van der Waals surface area contributed by atoms with Gasteiger partial charge in [-0.15, -0.1) is 0 Å². The minimum atomic E-state index is 0.381. The highest BCUT2D eigenvalue weighted by atomic mass is 79.9. The van der Waals surface area contributed by atoms with Crippen LogP contribution in [0.2, 0.25) is 0 Å². The molecule has 1 aromatic heterocycles. The van der Waals surface area contributed by atoms with Crippen LogP contribution in [-0.2, 0) is 11.3 Å². The van der Waals surface area contributed by atoms with Crippen molar-refractivity contribution in [2.45, 2.75) is 38.5 Å². The number of nitrogens with one attached hydrogen (secondary N) is 1. The first kappa shape index (κ1) is 12.0. The van der Waals surface area contributed by atoms with E-state index in [9.17, 15) is 0 Å². The average molecular weight is 285 g/mol. The van der Waals surface area contributed by atoms with Crippen LogP contribution in [0.5, 0.6) is 0 Å². The van der Waals surface area contributed by atoms with E-state index in [2.05, 4.69) is 39.2 Å². The molecule has 1 aliphatic rings. The zero-order valence-electron chi connectivity index (χ0n) is 9.45. The van der Waals surface area contributed by atoms with E-state index >= 15 is 0 Å². The first-order valence-corrected chi connectivity index (χ1v) is 6.48. The van der Waals surface area contributed by atoms with E-state index in [0.717, 1.165) is 30.5 Å². The lowest BCUT2D eigenvalue weighted by Crippen LogP contribution is -2.37. The molecule has 2 atom stereocenters. The van der Waals surface area contributed by atoms with E-state index in [0.29, 0.717) is 12.1 Å². The highest BCUT2D eigenvalue weighted by Gasteiger charge is 2.18. The second-order valence-corrected chi connectivity index (χ2v) is 5.21. The number of nitrogens with zero attached hydrogens (tertiary/aromatic N) is 1. The van der Waals surface area contributed by atoms with Gasteiger partial charge in [-0.1, -0.05) is 0 Å². The van der Waals surface area contributed by atoms with Gasteiger partial charge in [-0.2, -0.15) is 0 Å². The molecule has 2 rings (SSSR count). The fourth-order valence-electron chi connectivity index (χ4n) is 2.00. The van der Waals surface area contributed by atoms with Crippen molar-refractivity contribution in [1.29, 1.82) is 0 Å². The molecule has 16 heavy (non-hydrogen) atoms. The van der Waals surface area contributed by atoms with Crippen LogP contribution < -0.4 is 5.32 Å². The van der Waals surface area contributed by atoms with Crippen molar-refractivity contribution in [2.24, 2.45) is 0 Å². The normalized spacial score (nSPS) is 25.6. The Labute approximate surface area is 105 Å². The Morgan fingerprint density at radius 1 is 1.56 bits per heavy atom. The minimum absolute atomic E-state index is 0.381. The zero-order chi connectivity index (χ0) is 11.4. The summed E-state index contributed by atoms with van der Waals surface area (Å²) in [6.45, 7) is 3.88. The summed E-state index contributed by atoms with van der Waals surface area (Å²) in [6.07, 6.45) is 6.29. The highest BCUT2D eigenvalue weighted by Crippen LogP contribution is 2.14. The van der Waals surface area contributed by atoms with Gasteiger partial charge in [0.15, 0.2) is 0 Å². The van der Waals surface area contributed by atoms with Crippen molar-refractivity contribution in [1.82, 2.24) is 10.3 Å². The maximum Gasteiger partial charge on any atom is 0.0561 e. The van der Waals surface area contributed by atoms with E-state index in [-0.39, 0.29) is 0 Å². The third kappa shape index (κ3) is 3.54. The molecule has 0 radical (unpaired) electrons. The molecule has 88 valence electrons. The largest absolute Gasteiger partial charge is 0.378 e. The summed E-state index contributed by atoms with van der Waals surface area (Å²) in [5.41, 5.74) is 1.22. The van der Waals surface area contributed by atoms with Crippen molar-refractivity contribution in [2.75, 3.05) is 6.61 Å². The maximum atomic E-state index is 5.52. The third-order valence-electron chi connectivity index (χ3n) is 2.84. The summed E-state index contributed by atoms with van der Waals surface area (Å²) >= 11 is 3.43.